The minimum absolute atomic E-state index is 0.302. The summed E-state index contributed by atoms with van der Waals surface area (Å²) in [7, 11) is 0. The molecule has 1 amide bonds. The Kier molecular flexibility index (Phi) is 6.57. The maximum atomic E-state index is 11.4. The van der Waals surface area contributed by atoms with E-state index in [1.165, 1.54) is 0 Å². The number of alkyl carbamates (subject to hydrolysis) is 1. The molecule has 17 heavy (non-hydrogen) atoms. The van der Waals surface area contributed by atoms with Crippen LogP contribution in [0, 0.1) is 0 Å². The van der Waals surface area contributed by atoms with E-state index in [9.17, 15) is 9.90 Å². The standard InChI is InChI=1S/C12H22ClNO3/c1-8(7-13)6-10(15)9(2)14-11(16)17-12(3,4)5/h9-10,15H,1,6-7H2,2-5H3,(H,14,16)/t9-,10-/m0/s1. The first-order valence-corrected chi connectivity index (χ1v) is 6.09. The van der Waals surface area contributed by atoms with Gasteiger partial charge in [0.1, 0.15) is 5.60 Å². The van der Waals surface area contributed by atoms with Crippen LogP contribution in [0.1, 0.15) is 34.1 Å². The second-order valence-electron chi connectivity index (χ2n) is 5.09. The lowest BCUT2D eigenvalue weighted by atomic mass is 10.1. The molecule has 0 radical (unpaired) electrons. The summed E-state index contributed by atoms with van der Waals surface area (Å²) < 4.78 is 5.08. The molecular formula is C12H22ClNO3. The summed E-state index contributed by atoms with van der Waals surface area (Å²) in [5.74, 6) is 0.302. The fourth-order valence-electron chi connectivity index (χ4n) is 1.12. The fraction of sp³-hybridized carbons (Fsp3) is 0.750. The van der Waals surface area contributed by atoms with E-state index < -0.39 is 23.8 Å². The van der Waals surface area contributed by atoms with Gasteiger partial charge in [-0.1, -0.05) is 12.2 Å². The van der Waals surface area contributed by atoms with Gasteiger partial charge in [0.15, 0.2) is 0 Å². The number of hydrogen-bond donors (Lipinski definition) is 2. The highest BCUT2D eigenvalue weighted by molar-refractivity contribution is 6.19. The van der Waals surface area contributed by atoms with Crippen molar-refractivity contribution in [2.24, 2.45) is 0 Å². The van der Waals surface area contributed by atoms with Crippen LogP contribution in [0.4, 0.5) is 4.79 Å². The highest BCUT2D eigenvalue weighted by atomic mass is 35.5. The molecular weight excluding hydrogens is 242 g/mol. The van der Waals surface area contributed by atoms with Crippen LogP contribution in [-0.2, 0) is 4.74 Å². The molecule has 0 saturated carbocycles. The Hall–Kier alpha value is -0.740. The van der Waals surface area contributed by atoms with Crippen molar-refractivity contribution in [3.8, 4) is 0 Å². The molecule has 0 aromatic rings. The van der Waals surface area contributed by atoms with Crippen molar-refractivity contribution in [1.82, 2.24) is 5.32 Å². The van der Waals surface area contributed by atoms with Gasteiger partial charge in [0.05, 0.1) is 12.1 Å². The highest BCUT2D eigenvalue weighted by Gasteiger charge is 2.21. The average molecular weight is 264 g/mol. The van der Waals surface area contributed by atoms with Gasteiger partial charge in [-0.3, -0.25) is 0 Å². The molecule has 0 aliphatic rings. The molecule has 0 saturated heterocycles. The van der Waals surface area contributed by atoms with E-state index in [0.29, 0.717) is 12.3 Å². The smallest absolute Gasteiger partial charge is 0.407 e. The van der Waals surface area contributed by atoms with Crippen molar-refractivity contribution in [3.63, 3.8) is 0 Å². The molecule has 0 aromatic heterocycles. The van der Waals surface area contributed by atoms with Gasteiger partial charge >= 0.3 is 6.09 Å². The first kappa shape index (κ1) is 16.3. The molecule has 0 fully saturated rings. The zero-order valence-electron chi connectivity index (χ0n) is 10.9. The third kappa shape index (κ3) is 8.05. The number of halogens is 1. The van der Waals surface area contributed by atoms with E-state index in [0.717, 1.165) is 5.57 Å². The Labute approximate surface area is 108 Å². The van der Waals surface area contributed by atoms with Gasteiger partial charge in [-0.25, -0.2) is 4.79 Å². The quantitative estimate of drug-likeness (QED) is 0.592. The third-order valence-electron chi connectivity index (χ3n) is 2.01. The third-order valence-corrected chi connectivity index (χ3v) is 2.39. The van der Waals surface area contributed by atoms with Gasteiger partial charge in [0.25, 0.3) is 0 Å². The average Bonchev–Trinajstić information content (AvgIpc) is 2.14. The lowest BCUT2D eigenvalue weighted by Crippen LogP contribution is -2.43. The number of ether oxygens (including phenoxy) is 1. The van der Waals surface area contributed by atoms with Gasteiger partial charge in [0.2, 0.25) is 0 Å². The summed E-state index contributed by atoms with van der Waals surface area (Å²) >= 11 is 5.57. The second-order valence-corrected chi connectivity index (χ2v) is 5.36. The molecule has 100 valence electrons. The van der Waals surface area contributed by atoms with Crippen molar-refractivity contribution < 1.29 is 14.6 Å². The minimum atomic E-state index is -0.714. The first-order valence-electron chi connectivity index (χ1n) is 5.56. The molecule has 2 N–H and O–H groups in total. The van der Waals surface area contributed by atoms with E-state index in [1.807, 2.05) is 0 Å². The number of hydrogen-bond acceptors (Lipinski definition) is 3. The van der Waals surface area contributed by atoms with Crippen LogP contribution < -0.4 is 5.32 Å². The van der Waals surface area contributed by atoms with Crippen LogP contribution in [0.15, 0.2) is 12.2 Å². The number of aliphatic hydroxyl groups is 1. The van der Waals surface area contributed by atoms with Crippen LogP contribution in [-0.4, -0.2) is 34.8 Å². The normalized spacial score (nSPS) is 14.9. The van der Waals surface area contributed by atoms with Crippen molar-refractivity contribution in [3.05, 3.63) is 12.2 Å². The maximum Gasteiger partial charge on any atom is 0.407 e. The highest BCUT2D eigenvalue weighted by Crippen LogP contribution is 2.10. The van der Waals surface area contributed by atoms with E-state index in [1.54, 1.807) is 27.7 Å². The molecule has 0 heterocycles. The lowest BCUT2D eigenvalue weighted by Gasteiger charge is -2.24. The number of nitrogens with one attached hydrogen (secondary N) is 1. The Bertz CT molecular complexity index is 273. The number of aliphatic hydroxyl groups excluding tert-OH is 1. The number of carbonyl (C=O) groups excluding carboxylic acids is 1. The van der Waals surface area contributed by atoms with Crippen LogP contribution >= 0.6 is 11.6 Å². The Morgan fingerprint density at radius 3 is 2.47 bits per heavy atom. The van der Waals surface area contributed by atoms with Gasteiger partial charge in [-0.15, -0.1) is 11.6 Å². The Morgan fingerprint density at radius 2 is 2.06 bits per heavy atom. The van der Waals surface area contributed by atoms with Crippen LogP contribution in [0.2, 0.25) is 0 Å². The summed E-state index contributed by atoms with van der Waals surface area (Å²) in [6.07, 6.45) is -0.894. The summed E-state index contributed by atoms with van der Waals surface area (Å²) in [5, 5.41) is 12.3. The van der Waals surface area contributed by atoms with Gasteiger partial charge < -0.3 is 15.2 Å². The number of alkyl halides is 1. The molecule has 0 unspecified atom stereocenters. The van der Waals surface area contributed by atoms with E-state index in [4.69, 9.17) is 16.3 Å². The molecule has 0 aliphatic heterocycles. The summed E-state index contributed by atoms with van der Waals surface area (Å²) in [5.41, 5.74) is 0.186. The molecule has 5 heteroatoms. The zero-order chi connectivity index (χ0) is 13.6. The SMILES string of the molecule is C=C(CCl)C[C@H](O)[C@H](C)NC(=O)OC(C)(C)C. The minimum Gasteiger partial charge on any atom is -0.444 e. The maximum absolute atomic E-state index is 11.4. The zero-order valence-corrected chi connectivity index (χ0v) is 11.7. The number of amides is 1. The molecule has 0 aliphatic carbocycles. The van der Waals surface area contributed by atoms with Gasteiger partial charge in [-0.2, -0.15) is 0 Å². The van der Waals surface area contributed by atoms with Gasteiger partial charge in [0, 0.05) is 5.88 Å². The Balaban J connectivity index is 4.12. The monoisotopic (exact) mass is 263 g/mol. The molecule has 2 atom stereocenters. The van der Waals surface area contributed by atoms with Crippen LogP contribution in [0.3, 0.4) is 0 Å². The molecule has 0 spiro atoms. The van der Waals surface area contributed by atoms with E-state index >= 15 is 0 Å². The molecule has 0 bridgehead atoms. The number of carbonyl (C=O) groups is 1. The first-order chi connectivity index (χ1) is 7.65. The van der Waals surface area contributed by atoms with E-state index in [-0.39, 0.29) is 0 Å². The largest absolute Gasteiger partial charge is 0.444 e. The van der Waals surface area contributed by atoms with Crippen molar-refractivity contribution in [1.29, 1.82) is 0 Å². The second kappa shape index (κ2) is 6.87. The van der Waals surface area contributed by atoms with Gasteiger partial charge in [-0.05, 0) is 34.1 Å². The van der Waals surface area contributed by atoms with Crippen LogP contribution in [0.25, 0.3) is 0 Å². The van der Waals surface area contributed by atoms with Crippen LogP contribution in [0.5, 0.6) is 0 Å². The van der Waals surface area contributed by atoms with E-state index in [2.05, 4.69) is 11.9 Å². The topological polar surface area (TPSA) is 58.6 Å². The summed E-state index contributed by atoms with van der Waals surface area (Å²) in [4.78, 5) is 11.4. The predicted octanol–water partition coefficient (Wildman–Crippen LogP) is 2.45. The summed E-state index contributed by atoms with van der Waals surface area (Å²) in [6.45, 7) is 10.7. The molecule has 0 aromatic carbocycles. The summed E-state index contributed by atoms with van der Waals surface area (Å²) in [6, 6.07) is -0.412. The lowest BCUT2D eigenvalue weighted by molar-refractivity contribution is 0.0437. The fourth-order valence-corrected chi connectivity index (χ4v) is 1.23. The molecule has 4 nitrogen and oxygen atoms in total. The Morgan fingerprint density at radius 1 is 1.53 bits per heavy atom. The predicted molar refractivity (Wildman–Crippen MR) is 69.3 cm³/mol. The number of rotatable bonds is 5. The van der Waals surface area contributed by atoms with Crippen molar-refractivity contribution >= 4 is 17.7 Å². The van der Waals surface area contributed by atoms with Crippen molar-refractivity contribution in [2.75, 3.05) is 5.88 Å². The molecule has 0 rings (SSSR count). The van der Waals surface area contributed by atoms with Crippen molar-refractivity contribution in [2.45, 2.75) is 51.9 Å².